The molecule has 0 atom stereocenters. The van der Waals surface area contributed by atoms with E-state index in [0.29, 0.717) is 23.5 Å². The molecule has 6 nitrogen and oxygen atoms in total. The van der Waals surface area contributed by atoms with Crippen molar-refractivity contribution in [2.24, 2.45) is 0 Å². The van der Waals surface area contributed by atoms with Crippen LogP contribution in [0.15, 0.2) is 64.7 Å². The molecule has 0 aliphatic carbocycles. The lowest BCUT2D eigenvalue weighted by atomic mass is 10.1. The highest BCUT2D eigenvalue weighted by atomic mass is 32.1. The molecule has 5 aromatic rings. The lowest BCUT2D eigenvalue weighted by Crippen LogP contribution is -2.30. The third kappa shape index (κ3) is 5.23. The average molecular weight is 505 g/mol. The van der Waals surface area contributed by atoms with E-state index in [4.69, 9.17) is 4.42 Å². The number of carbonyl (C=O) groups excluding carboxylic acids is 1. The molecular formula is C28H29FN4O2S. The SMILES string of the molecule is Cc1ccc(-c2cc3ncnc(N4CCCCC4)c3o2)cc1F.O=CNCc1ccc2sccc2c1.[HH]. The number of furan rings is 1. The number of thiophene rings is 1. The van der Waals surface area contributed by atoms with Crippen LogP contribution in [0.5, 0.6) is 0 Å². The second-order valence-corrected chi connectivity index (χ2v) is 9.77. The summed E-state index contributed by atoms with van der Waals surface area (Å²) in [5, 5.41) is 5.96. The van der Waals surface area contributed by atoms with E-state index in [0.717, 1.165) is 42.0 Å². The zero-order valence-electron chi connectivity index (χ0n) is 20.0. The molecule has 1 N–H and O–H groups in total. The largest absolute Gasteiger partial charge is 0.450 e. The molecule has 186 valence electrons. The van der Waals surface area contributed by atoms with Crippen LogP contribution in [0.2, 0.25) is 0 Å². The second-order valence-electron chi connectivity index (χ2n) is 8.83. The lowest BCUT2D eigenvalue weighted by molar-refractivity contribution is -0.109. The van der Waals surface area contributed by atoms with Gasteiger partial charge in [-0.2, -0.15) is 0 Å². The predicted molar refractivity (Wildman–Crippen MR) is 145 cm³/mol. The summed E-state index contributed by atoms with van der Waals surface area (Å²) in [7, 11) is 0. The van der Waals surface area contributed by atoms with Crippen LogP contribution in [-0.4, -0.2) is 29.5 Å². The quantitative estimate of drug-likeness (QED) is 0.269. The number of amides is 1. The summed E-state index contributed by atoms with van der Waals surface area (Å²) in [6, 6.07) is 15.3. The first kappa shape index (κ1) is 23.9. The van der Waals surface area contributed by atoms with Gasteiger partial charge in [0.05, 0.1) is 0 Å². The number of nitrogens with one attached hydrogen (secondary N) is 1. The maximum absolute atomic E-state index is 13.8. The number of nitrogens with zero attached hydrogens (tertiary/aromatic N) is 3. The number of piperidine rings is 1. The van der Waals surface area contributed by atoms with Crippen molar-refractivity contribution in [2.75, 3.05) is 18.0 Å². The van der Waals surface area contributed by atoms with Crippen LogP contribution in [0.25, 0.3) is 32.5 Å². The van der Waals surface area contributed by atoms with E-state index in [1.807, 2.05) is 18.2 Å². The van der Waals surface area contributed by atoms with Gasteiger partial charge in [-0.3, -0.25) is 4.79 Å². The van der Waals surface area contributed by atoms with Crippen LogP contribution in [0.1, 0.15) is 31.8 Å². The number of fused-ring (bicyclic) bond motifs is 2. The van der Waals surface area contributed by atoms with Crippen LogP contribution in [0.3, 0.4) is 0 Å². The first-order valence-electron chi connectivity index (χ1n) is 12.0. The Labute approximate surface area is 214 Å². The Hall–Kier alpha value is -3.78. The van der Waals surface area contributed by atoms with Gasteiger partial charge in [-0.25, -0.2) is 14.4 Å². The van der Waals surface area contributed by atoms with Crippen molar-refractivity contribution in [3.8, 4) is 11.3 Å². The lowest BCUT2D eigenvalue weighted by Gasteiger charge is -2.27. The standard InChI is InChI=1S/C18H18FN3O.C10H9NOS.H2/c1-12-5-6-13(9-14(12)19)16-10-15-17(23-16)18(21-11-20-15)22-7-3-2-4-8-22;12-7-11-6-8-1-2-10-9(5-8)3-4-13-10;/h5-6,9-11H,2-4,7-8H2,1H3;1-5,7H,6H2,(H,11,12);1H. The molecule has 4 heterocycles. The minimum absolute atomic E-state index is 0. The molecule has 0 saturated carbocycles. The molecule has 1 fully saturated rings. The summed E-state index contributed by atoms with van der Waals surface area (Å²) >= 11 is 1.73. The first-order chi connectivity index (χ1) is 17.6. The minimum Gasteiger partial charge on any atom is -0.450 e. The molecule has 1 amide bonds. The smallest absolute Gasteiger partial charge is 0.207 e. The fraction of sp³-hybridized carbons (Fsp3) is 0.250. The van der Waals surface area contributed by atoms with Crippen molar-refractivity contribution in [3.63, 3.8) is 0 Å². The summed E-state index contributed by atoms with van der Waals surface area (Å²) < 4.78 is 21.1. The van der Waals surface area contributed by atoms with Crippen molar-refractivity contribution in [2.45, 2.75) is 32.7 Å². The number of hydrogen-bond acceptors (Lipinski definition) is 6. The number of halogens is 1. The van der Waals surface area contributed by atoms with Gasteiger partial charge in [0.25, 0.3) is 0 Å². The van der Waals surface area contributed by atoms with Crippen molar-refractivity contribution in [1.82, 2.24) is 15.3 Å². The molecule has 1 aliphatic rings. The van der Waals surface area contributed by atoms with Gasteiger partial charge in [0.1, 0.15) is 23.4 Å². The van der Waals surface area contributed by atoms with E-state index in [1.54, 1.807) is 30.7 Å². The number of benzene rings is 2. The number of hydrogen-bond donors (Lipinski definition) is 1. The van der Waals surface area contributed by atoms with Crippen molar-refractivity contribution < 1.29 is 15.0 Å². The summed E-state index contributed by atoms with van der Waals surface area (Å²) in [4.78, 5) is 21.0. The normalized spacial score (nSPS) is 13.4. The number of aromatic nitrogens is 2. The van der Waals surface area contributed by atoms with Crippen LogP contribution in [0.4, 0.5) is 10.2 Å². The predicted octanol–water partition coefficient (Wildman–Crippen LogP) is 6.72. The summed E-state index contributed by atoms with van der Waals surface area (Å²) in [5.74, 6) is 1.23. The Balaban J connectivity index is 0.000000195. The maximum Gasteiger partial charge on any atom is 0.207 e. The second kappa shape index (κ2) is 10.9. The van der Waals surface area contributed by atoms with Crippen LogP contribution in [-0.2, 0) is 11.3 Å². The van der Waals surface area contributed by atoms with Crippen molar-refractivity contribution >= 4 is 44.8 Å². The molecule has 0 unspecified atom stereocenters. The van der Waals surface area contributed by atoms with Crippen LogP contribution >= 0.6 is 11.3 Å². The fourth-order valence-corrected chi connectivity index (χ4v) is 5.12. The van der Waals surface area contributed by atoms with Crippen molar-refractivity contribution in [1.29, 1.82) is 0 Å². The van der Waals surface area contributed by atoms with Gasteiger partial charge in [-0.15, -0.1) is 11.3 Å². The molecule has 0 spiro atoms. The molecule has 1 aliphatic heterocycles. The number of carbonyl (C=O) groups is 1. The number of aryl methyl sites for hydroxylation is 1. The Morgan fingerprint density at radius 2 is 1.97 bits per heavy atom. The molecule has 3 aromatic heterocycles. The highest BCUT2D eigenvalue weighted by molar-refractivity contribution is 7.17. The summed E-state index contributed by atoms with van der Waals surface area (Å²) in [5.41, 5.74) is 3.93. The van der Waals surface area contributed by atoms with Crippen molar-refractivity contribution in [3.05, 3.63) is 77.2 Å². The van der Waals surface area contributed by atoms with Gasteiger partial charge in [-0.05, 0) is 72.3 Å². The highest BCUT2D eigenvalue weighted by Gasteiger charge is 2.19. The van der Waals surface area contributed by atoms with Gasteiger partial charge in [0.15, 0.2) is 11.4 Å². The van der Waals surface area contributed by atoms with Gasteiger partial charge < -0.3 is 14.6 Å². The topological polar surface area (TPSA) is 71.3 Å². The molecule has 8 heteroatoms. The molecule has 0 bridgehead atoms. The molecule has 1 saturated heterocycles. The molecule has 2 aromatic carbocycles. The third-order valence-corrected chi connectivity index (χ3v) is 7.21. The Morgan fingerprint density at radius 3 is 2.78 bits per heavy atom. The minimum atomic E-state index is -0.231. The van der Waals surface area contributed by atoms with Gasteiger partial charge in [0, 0.05) is 37.4 Å². The number of rotatable bonds is 5. The van der Waals surface area contributed by atoms with Crippen LogP contribution < -0.4 is 10.2 Å². The number of anilines is 1. The van der Waals surface area contributed by atoms with E-state index >= 15 is 0 Å². The van der Waals surface area contributed by atoms with E-state index < -0.39 is 0 Å². The fourth-order valence-electron chi connectivity index (χ4n) is 4.35. The molecular weight excluding hydrogens is 475 g/mol. The summed E-state index contributed by atoms with van der Waals surface area (Å²) in [6.07, 6.45) is 5.89. The van der Waals surface area contributed by atoms with Gasteiger partial charge in [0.2, 0.25) is 6.41 Å². The Kier molecular flexibility index (Phi) is 7.23. The Morgan fingerprint density at radius 1 is 1.11 bits per heavy atom. The first-order valence-corrected chi connectivity index (χ1v) is 12.9. The molecule has 0 radical (unpaired) electrons. The molecule has 6 rings (SSSR count). The monoisotopic (exact) mass is 504 g/mol. The van der Waals surface area contributed by atoms with E-state index in [1.165, 1.54) is 35.4 Å². The average Bonchev–Trinajstić information content (AvgIpc) is 3.56. The zero-order valence-corrected chi connectivity index (χ0v) is 20.9. The van der Waals surface area contributed by atoms with Gasteiger partial charge >= 0.3 is 0 Å². The zero-order chi connectivity index (χ0) is 24.9. The Bertz CT molecular complexity index is 1500. The van der Waals surface area contributed by atoms with E-state index in [2.05, 4.69) is 43.8 Å². The summed E-state index contributed by atoms with van der Waals surface area (Å²) in [6.45, 7) is 4.33. The highest BCUT2D eigenvalue weighted by Crippen LogP contribution is 2.33. The van der Waals surface area contributed by atoms with E-state index in [-0.39, 0.29) is 7.24 Å². The van der Waals surface area contributed by atoms with Crippen LogP contribution in [0, 0.1) is 12.7 Å². The maximum atomic E-state index is 13.8. The van der Waals surface area contributed by atoms with E-state index in [9.17, 15) is 9.18 Å². The molecule has 36 heavy (non-hydrogen) atoms. The van der Waals surface area contributed by atoms with Gasteiger partial charge in [-0.1, -0.05) is 18.2 Å². The third-order valence-electron chi connectivity index (χ3n) is 6.31.